The fourth-order valence-corrected chi connectivity index (χ4v) is 2.14. The van der Waals surface area contributed by atoms with Crippen molar-refractivity contribution < 1.29 is 9.31 Å². The average Bonchev–Trinajstić information content (AvgIpc) is 2.17. The Kier molecular flexibility index (Phi) is 4.35. The Morgan fingerprint density at radius 1 is 1.67 bits per heavy atom. The summed E-state index contributed by atoms with van der Waals surface area (Å²) in [4.78, 5) is 10.2. The van der Waals surface area contributed by atoms with Crippen LogP contribution in [0.5, 0.6) is 0 Å². The first-order chi connectivity index (χ1) is 7.06. The predicted octanol–water partition coefficient (Wildman–Crippen LogP) is 3.45. The van der Waals surface area contributed by atoms with Gasteiger partial charge in [-0.2, -0.15) is 4.39 Å². The lowest BCUT2D eigenvalue weighted by Crippen LogP contribution is -2.00. The molecule has 0 bridgehead atoms. The first-order valence-corrected chi connectivity index (χ1v) is 5.63. The fraction of sp³-hybridized carbons (Fsp3) is 0.333. The van der Waals surface area contributed by atoms with Gasteiger partial charge in [-0.1, -0.05) is 13.0 Å². The van der Waals surface area contributed by atoms with E-state index < -0.39 is 16.4 Å². The maximum Gasteiger partial charge on any atom is 0.318 e. The van der Waals surface area contributed by atoms with E-state index in [2.05, 4.69) is 0 Å². The molecule has 1 aromatic rings. The highest BCUT2D eigenvalue weighted by Gasteiger charge is 2.21. The molecule has 0 aromatic heterocycles. The third-order valence-electron chi connectivity index (χ3n) is 1.68. The molecule has 0 spiro atoms. The van der Waals surface area contributed by atoms with E-state index in [1.54, 1.807) is 0 Å². The van der Waals surface area contributed by atoms with E-state index in [-0.39, 0.29) is 5.25 Å². The summed E-state index contributed by atoms with van der Waals surface area (Å²) in [6, 6.07) is 4.05. The number of benzene rings is 1. The van der Waals surface area contributed by atoms with Crippen molar-refractivity contribution in [3.05, 3.63) is 34.1 Å². The second-order valence-corrected chi connectivity index (χ2v) is 4.72. The normalized spacial score (nSPS) is 12.5. The summed E-state index contributed by atoms with van der Waals surface area (Å²) in [5, 5.41) is 10.6. The molecule has 1 atom stereocenters. The van der Waals surface area contributed by atoms with Crippen LogP contribution in [0.15, 0.2) is 23.1 Å². The molecule has 3 nitrogen and oxygen atoms in total. The van der Waals surface area contributed by atoms with Gasteiger partial charge in [0.25, 0.3) is 0 Å². The number of rotatable bonds is 4. The van der Waals surface area contributed by atoms with Crippen LogP contribution in [-0.4, -0.2) is 16.1 Å². The highest BCUT2D eigenvalue weighted by molar-refractivity contribution is 8.00. The highest BCUT2D eigenvalue weighted by atomic mass is 35.5. The summed E-state index contributed by atoms with van der Waals surface area (Å²) >= 11 is 6.79. The van der Waals surface area contributed by atoms with Gasteiger partial charge in [-0.15, -0.1) is 23.4 Å². The second kappa shape index (κ2) is 5.32. The van der Waals surface area contributed by atoms with Crippen LogP contribution in [0.25, 0.3) is 0 Å². The lowest BCUT2D eigenvalue weighted by atomic mass is 10.3. The first kappa shape index (κ1) is 12.3. The zero-order valence-corrected chi connectivity index (χ0v) is 9.52. The van der Waals surface area contributed by atoms with Crippen molar-refractivity contribution in [3.8, 4) is 0 Å². The van der Waals surface area contributed by atoms with Crippen LogP contribution in [0.4, 0.5) is 10.1 Å². The number of hydrogen-bond acceptors (Lipinski definition) is 3. The van der Waals surface area contributed by atoms with Crippen LogP contribution in [0.1, 0.15) is 6.92 Å². The number of nitro groups is 1. The Labute approximate surface area is 95.8 Å². The van der Waals surface area contributed by atoms with E-state index >= 15 is 0 Å². The molecule has 0 N–H and O–H groups in total. The first-order valence-electron chi connectivity index (χ1n) is 4.21. The zero-order chi connectivity index (χ0) is 11.4. The van der Waals surface area contributed by atoms with E-state index in [1.165, 1.54) is 23.9 Å². The number of thioether (sulfide) groups is 1. The van der Waals surface area contributed by atoms with E-state index in [4.69, 9.17) is 11.6 Å². The summed E-state index contributed by atoms with van der Waals surface area (Å²) in [6.45, 7) is 1.83. The van der Waals surface area contributed by atoms with Gasteiger partial charge in [-0.05, 0) is 12.1 Å². The van der Waals surface area contributed by atoms with Crippen molar-refractivity contribution in [1.29, 1.82) is 0 Å². The van der Waals surface area contributed by atoms with Crippen LogP contribution in [0.2, 0.25) is 0 Å². The third-order valence-corrected chi connectivity index (χ3v) is 3.48. The number of nitro benzene ring substituents is 1. The molecule has 0 aliphatic carbocycles. The van der Waals surface area contributed by atoms with Gasteiger partial charge in [0.15, 0.2) is 0 Å². The van der Waals surface area contributed by atoms with Gasteiger partial charge in [-0.25, -0.2) is 0 Å². The van der Waals surface area contributed by atoms with Crippen molar-refractivity contribution >= 4 is 29.1 Å². The summed E-state index contributed by atoms with van der Waals surface area (Å²) in [6.07, 6.45) is 0. The van der Waals surface area contributed by atoms with Crippen LogP contribution < -0.4 is 0 Å². The monoisotopic (exact) mass is 249 g/mol. The Bertz CT molecular complexity index is 375. The van der Waals surface area contributed by atoms with Crippen LogP contribution in [0.3, 0.4) is 0 Å². The average molecular weight is 250 g/mol. The molecule has 1 unspecified atom stereocenters. The number of hydrogen-bond donors (Lipinski definition) is 0. The van der Waals surface area contributed by atoms with Gasteiger partial charge in [0.2, 0.25) is 5.82 Å². The minimum atomic E-state index is -0.813. The molecule has 0 saturated heterocycles. The molecule has 0 fully saturated rings. The molecule has 82 valence electrons. The molecule has 1 aromatic carbocycles. The topological polar surface area (TPSA) is 43.1 Å². The van der Waals surface area contributed by atoms with Gasteiger partial charge >= 0.3 is 5.69 Å². The maximum atomic E-state index is 13.2. The van der Waals surface area contributed by atoms with E-state index in [0.717, 1.165) is 6.07 Å². The smallest absolute Gasteiger partial charge is 0.258 e. The van der Waals surface area contributed by atoms with Crippen LogP contribution >= 0.6 is 23.4 Å². The van der Waals surface area contributed by atoms with E-state index in [9.17, 15) is 14.5 Å². The Morgan fingerprint density at radius 2 is 2.33 bits per heavy atom. The Morgan fingerprint density at radius 3 is 2.87 bits per heavy atom. The van der Waals surface area contributed by atoms with Gasteiger partial charge in [0.1, 0.15) is 0 Å². The van der Waals surface area contributed by atoms with E-state index in [1.807, 2.05) is 6.92 Å². The summed E-state index contributed by atoms with van der Waals surface area (Å²) < 4.78 is 13.2. The van der Waals surface area contributed by atoms with Gasteiger partial charge in [0.05, 0.1) is 9.82 Å². The molecule has 0 amide bonds. The fourth-order valence-electron chi connectivity index (χ4n) is 1.02. The lowest BCUT2D eigenvalue weighted by molar-refractivity contribution is -0.390. The molecule has 0 saturated carbocycles. The third kappa shape index (κ3) is 3.07. The van der Waals surface area contributed by atoms with Crippen LogP contribution in [-0.2, 0) is 0 Å². The minimum Gasteiger partial charge on any atom is -0.258 e. The van der Waals surface area contributed by atoms with Crippen molar-refractivity contribution in [2.45, 2.75) is 17.1 Å². The summed E-state index contributed by atoms with van der Waals surface area (Å²) in [5.41, 5.74) is -0.473. The number of para-hydroxylation sites is 1. The predicted molar refractivity (Wildman–Crippen MR) is 59.1 cm³/mol. The largest absolute Gasteiger partial charge is 0.318 e. The van der Waals surface area contributed by atoms with Crippen molar-refractivity contribution in [1.82, 2.24) is 0 Å². The lowest BCUT2D eigenvalue weighted by Gasteiger charge is -2.07. The standard InChI is InChI=1S/C9H9ClFNO2S/c1-6(5-10)15-8-4-2-3-7(11)9(8)12(13)14/h2-4,6H,5H2,1H3. The zero-order valence-electron chi connectivity index (χ0n) is 7.94. The molecule has 0 aliphatic rings. The maximum absolute atomic E-state index is 13.2. The Hall–Kier alpha value is -0.810. The summed E-state index contributed by atoms with van der Waals surface area (Å²) in [5.74, 6) is -0.454. The highest BCUT2D eigenvalue weighted by Crippen LogP contribution is 2.34. The molecule has 0 heterocycles. The summed E-state index contributed by atoms with van der Waals surface area (Å²) in [7, 11) is 0. The molecule has 0 radical (unpaired) electrons. The Balaban J connectivity index is 3.06. The quantitative estimate of drug-likeness (QED) is 0.355. The number of halogens is 2. The molecular weight excluding hydrogens is 241 g/mol. The second-order valence-electron chi connectivity index (χ2n) is 2.93. The molecule has 1 rings (SSSR count). The van der Waals surface area contributed by atoms with Crippen LogP contribution in [0, 0.1) is 15.9 Å². The number of alkyl halides is 1. The molecule has 6 heteroatoms. The minimum absolute atomic E-state index is 0.00664. The molecule has 15 heavy (non-hydrogen) atoms. The SMILES string of the molecule is CC(CCl)Sc1cccc(F)c1[N+](=O)[O-]. The molecular formula is C9H9ClFNO2S. The van der Waals surface area contributed by atoms with E-state index in [0.29, 0.717) is 10.8 Å². The van der Waals surface area contributed by atoms with Crippen molar-refractivity contribution in [2.24, 2.45) is 0 Å². The van der Waals surface area contributed by atoms with Gasteiger partial charge in [0, 0.05) is 11.1 Å². The van der Waals surface area contributed by atoms with Gasteiger partial charge < -0.3 is 0 Å². The number of nitrogens with zero attached hydrogens (tertiary/aromatic N) is 1. The van der Waals surface area contributed by atoms with Crippen molar-refractivity contribution in [3.63, 3.8) is 0 Å². The van der Waals surface area contributed by atoms with Gasteiger partial charge in [-0.3, -0.25) is 10.1 Å². The molecule has 0 aliphatic heterocycles. The van der Waals surface area contributed by atoms with Crippen molar-refractivity contribution in [2.75, 3.05) is 5.88 Å².